The minimum absolute atomic E-state index is 0.0788. The van der Waals surface area contributed by atoms with E-state index in [9.17, 15) is 18.0 Å². The molecular formula is C33H31F3O2. The van der Waals surface area contributed by atoms with E-state index in [4.69, 9.17) is 4.74 Å². The van der Waals surface area contributed by atoms with Gasteiger partial charge in [0, 0.05) is 5.56 Å². The van der Waals surface area contributed by atoms with Gasteiger partial charge in [0.2, 0.25) is 0 Å². The molecule has 0 saturated heterocycles. The number of hydrogen-bond acceptors (Lipinski definition) is 2. The first kappa shape index (κ1) is 27.2. The lowest BCUT2D eigenvalue weighted by Gasteiger charge is -2.10. The number of esters is 1. The Kier molecular flexibility index (Phi) is 9.01. The number of carbonyl (C=O) groups excluding carboxylic acids is 1. The molecule has 0 spiro atoms. The van der Waals surface area contributed by atoms with E-state index < -0.39 is 23.2 Å². The van der Waals surface area contributed by atoms with Crippen LogP contribution in [0.2, 0.25) is 0 Å². The van der Waals surface area contributed by atoms with Crippen LogP contribution in [0.25, 0.3) is 22.3 Å². The van der Waals surface area contributed by atoms with Crippen LogP contribution in [0.15, 0.2) is 78.9 Å². The zero-order chi connectivity index (χ0) is 27.1. The molecule has 4 aromatic rings. The zero-order valence-electron chi connectivity index (χ0n) is 21.7. The average Bonchev–Trinajstić information content (AvgIpc) is 2.92. The molecule has 0 fully saturated rings. The Hall–Kier alpha value is -3.86. The number of ether oxygens (including phenoxy) is 1. The number of unbranched alkanes of at least 4 members (excludes halogenated alkanes) is 2. The van der Waals surface area contributed by atoms with Crippen LogP contribution in [0.4, 0.5) is 13.2 Å². The van der Waals surface area contributed by atoms with Gasteiger partial charge in [-0.25, -0.2) is 18.0 Å². The Morgan fingerprint density at radius 1 is 0.684 bits per heavy atom. The van der Waals surface area contributed by atoms with Crippen LogP contribution in [0.1, 0.15) is 61.0 Å². The minimum atomic E-state index is -1.25. The van der Waals surface area contributed by atoms with Crippen LogP contribution in [0.5, 0.6) is 5.75 Å². The molecule has 196 valence electrons. The van der Waals surface area contributed by atoms with Crippen molar-refractivity contribution in [1.82, 2.24) is 0 Å². The first-order valence-corrected chi connectivity index (χ1v) is 13.1. The van der Waals surface area contributed by atoms with Crippen LogP contribution in [-0.2, 0) is 12.8 Å². The van der Waals surface area contributed by atoms with Crippen molar-refractivity contribution in [2.24, 2.45) is 0 Å². The molecule has 0 aliphatic carbocycles. The van der Waals surface area contributed by atoms with Gasteiger partial charge in [-0.2, -0.15) is 0 Å². The van der Waals surface area contributed by atoms with Crippen LogP contribution >= 0.6 is 0 Å². The summed E-state index contributed by atoms with van der Waals surface area (Å²) >= 11 is 0. The van der Waals surface area contributed by atoms with E-state index in [0.29, 0.717) is 23.1 Å². The van der Waals surface area contributed by atoms with Crippen molar-refractivity contribution < 1.29 is 22.7 Å². The predicted molar refractivity (Wildman–Crippen MR) is 146 cm³/mol. The van der Waals surface area contributed by atoms with Gasteiger partial charge < -0.3 is 4.74 Å². The highest BCUT2D eigenvalue weighted by atomic mass is 19.2. The normalized spacial score (nSPS) is 11.0. The van der Waals surface area contributed by atoms with Crippen molar-refractivity contribution in [3.05, 3.63) is 113 Å². The van der Waals surface area contributed by atoms with Crippen LogP contribution in [-0.4, -0.2) is 5.97 Å². The Labute approximate surface area is 222 Å². The number of rotatable bonds is 10. The van der Waals surface area contributed by atoms with Gasteiger partial charge in [0.1, 0.15) is 11.6 Å². The van der Waals surface area contributed by atoms with E-state index in [1.165, 1.54) is 18.2 Å². The van der Waals surface area contributed by atoms with E-state index in [1.54, 1.807) is 42.5 Å². The van der Waals surface area contributed by atoms with E-state index in [2.05, 4.69) is 13.8 Å². The lowest BCUT2D eigenvalue weighted by atomic mass is 10.00. The van der Waals surface area contributed by atoms with Gasteiger partial charge in [-0.05, 0) is 71.3 Å². The van der Waals surface area contributed by atoms with Crippen LogP contribution < -0.4 is 4.74 Å². The molecule has 0 heterocycles. The van der Waals surface area contributed by atoms with Crippen molar-refractivity contribution in [3.8, 4) is 28.0 Å². The van der Waals surface area contributed by atoms with E-state index in [1.807, 2.05) is 18.2 Å². The first-order valence-electron chi connectivity index (χ1n) is 13.1. The quantitative estimate of drug-likeness (QED) is 0.119. The number of aryl methyl sites for hydroxylation is 2. The van der Waals surface area contributed by atoms with Crippen LogP contribution in [0.3, 0.4) is 0 Å². The highest BCUT2D eigenvalue weighted by Crippen LogP contribution is 2.29. The van der Waals surface area contributed by atoms with Gasteiger partial charge in [0.15, 0.2) is 11.6 Å². The Morgan fingerprint density at radius 2 is 1.37 bits per heavy atom. The standard InChI is InChI=1S/C33H31F3O2/c1-3-5-6-8-25-13-14-26(21-30(25)34)23-15-17-27(18-16-23)38-33(37)29-20-19-28(31(35)32(29)36)24-11-9-22(7-4-2)10-12-24/h9-21H,3-8H2,1-2H3. The molecule has 5 heteroatoms. The molecular weight excluding hydrogens is 485 g/mol. The molecule has 38 heavy (non-hydrogen) atoms. The molecule has 0 bridgehead atoms. The van der Waals surface area contributed by atoms with E-state index in [-0.39, 0.29) is 17.1 Å². The molecule has 0 amide bonds. The van der Waals surface area contributed by atoms with E-state index in [0.717, 1.165) is 43.2 Å². The third-order valence-corrected chi connectivity index (χ3v) is 6.61. The minimum Gasteiger partial charge on any atom is -0.423 e. The average molecular weight is 517 g/mol. The smallest absolute Gasteiger partial charge is 0.346 e. The molecule has 4 aromatic carbocycles. The van der Waals surface area contributed by atoms with E-state index >= 15 is 0 Å². The SMILES string of the molecule is CCCCCc1ccc(-c2ccc(OC(=O)c3ccc(-c4ccc(CCC)cc4)c(F)c3F)cc2)cc1F. The molecule has 0 radical (unpaired) electrons. The zero-order valence-corrected chi connectivity index (χ0v) is 21.7. The van der Waals surface area contributed by atoms with Gasteiger partial charge in [-0.15, -0.1) is 0 Å². The third-order valence-electron chi connectivity index (χ3n) is 6.61. The summed E-state index contributed by atoms with van der Waals surface area (Å²) in [5.74, 6) is -3.42. The molecule has 0 aliphatic rings. The summed E-state index contributed by atoms with van der Waals surface area (Å²) in [5.41, 5.74) is 3.38. The summed E-state index contributed by atoms with van der Waals surface area (Å²) in [6.45, 7) is 4.18. The molecule has 0 atom stereocenters. The second kappa shape index (κ2) is 12.6. The Morgan fingerprint density at radius 3 is 2.03 bits per heavy atom. The van der Waals surface area contributed by atoms with Gasteiger partial charge in [-0.3, -0.25) is 0 Å². The summed E-state index contributed by atoms with van der Waals surface area (Å²) in [4.78, 5) is 12.6. The van der Waals surface area contributed by atoms with Gasteiger partial charge in [-0.1, -0.05) is 87.7 Å². The monoisotopic (exact) mass is 516 g/mol. The third kappa shape index (κ3) is 6.34. The fourth-order valence-corrected chi connectivity index (χ4v) is 4.44. The lowest BCUT2D eigenvalue weighted by Crippen LogP contribution is -2.12. The topological polar surface area (TPSA) is 26.3 Å². The number of halogens is 3. The van der Waals surface area contributed by atoms with Crippen molar-refractivity contribution in [1.29, 1.82) is 0 Å². The van der Waals surface area contributed by atoms with Crippen molar-refractivity contribution >= 4 is 5.97 Å². The fraction of sp³-hybridized carbons (Fsp3) is 0.242. The fourth-order valence-electron chi connectivity index (χ4n) is 4.44. The van der Waals surface area contributed by atoms with Crippen molar-refractivity contribution in [3.63, 3.8) is 0 Å². The summed E-state index contributed by atoms with van der Waals surface area (Å²) in [7, 11) is 0. The number of hydrogen-bond donors (Lipinski definition) is 0. The summed E-state index contributed by atoms with van der Waals surface area (Å²) in [6.07, 6.45) is 5.70. The van der Waals surface area contributed by atoms with Crippen molar-refractivity contribution in [2.75, 3.05) is 0 Å². The Balaban J connectivity index is 1.45. The molecule has 0 saturated carbocycles. The number of carbonyl (C=O) groups is 1. The summed E-state index contributed by atoms with van der Waals surface area (Å²) in [5, 5.41) is 0. The Bertz CT molecular complexity index is 1390. The molecule has 4 rings (SSSR count). The maximum absolute atomic E-state index is 14.9. The lowest BCUT2D eigenvalue weighted by molar-refractivity contribution is 0.0728. The highest BCUT2D eigenvalue weighted by Gasteiger charge is 2.21. The molecule has 0 aromatic heterocycles. The number of benzene rings is 4. The molecule has 0 N–H and O–H groups in total. The second-order valence-corrected chi connectivity index (χ2v) is 9.41. The van der Waals surface area contributed by atoms with Gasteiger partial charge in [0.05, 0.1) is 5.56 Å². The van der Waals surface area contributed by atoms with Gasteiger partial charge in [0.25, 0.3) is 0 Å². The van der Waals surface area contributed by atoms with Gasteiger partial charge >= 0.3 is 5.97 Å². The maximum Gasteiger partial charge on any atom is 0.346 e. The first-order chi connectivity index (χ1) is 18.4. The summed E-state index contributed by atoms with van der Waals surface area (Å²) in [6, 6.07) is 21.5. The molecule has 0 unspecified atom stereocenters. The molecule has 2 nitrogen and oxygen atoms in total. The second-order valence-electron chi connectivity index (χ2n) is 9.41. The highest BCUT2D eigenvalue weighted by molar-refractivity contribution is 5.92. The van der Waals surface area contributed by atoms with Crippen LogP contribution in [0, 0.1) is 17.5 Å². The predicted octanol–water partition coefficient (Wildman–Crippen LogP) is 9.34. The maximum atomic E-state index is 14.9. The largest absolute Gasteiger partial charge is 0.423 e. The molecule has 0 aliphatic heterocycles. The van der Waals surface area contributed by atoms with Crippen molar-refractivity contribution in [2.45, 2.75) is 52.4 Å². The summed E-state index contributed by atoms with van der Waals surface area (Å²) < 4.78 is 49.5.